The summed E-state index contributed by atoms with van der Waals surface area (Å²) >= 11 is -0.361. The van der Waals surface area contributed by atoms with Crippen LogP contribution in [0.2, 0.25) is 4.73 Å². The Bertz CT molecular complexity index is 166. The molecule has 15 heavy (non-hydrogen) atoms. The summed E-state index contributed by atoms with van der Waals surface area (Å²) in [4.78, 5) is 3.78. The van der Waals surface area contributed by atoms with Crippen LogP contribution in [0.15, 0.2) is 43.2 Å². The number of nitrogens with zero attached hydrogens (tertiary/aromatic N) is 1. The van der Waals surface area contributed by atoms with Crippen LogP contribution in [0.1, 0.15) is 0 Å². The summed E-state index contributed by atoms with van der Waals surface area (Å²) in [6.45, 7) is 3.46. The molecule has 0 unspecified atom stereocenters. The molecule has 0 radical (unpaired) electrons. The maximum absolute atomic E-state index is 6.66. The van der Waals surface area contributed by atoms with E-state index in [4.69, 9.17) is 3.83 Å². The van der Waals surface area contributed by atoms with E-state index in [1.54, 1.807) is 18.5 Å². The molecule has 85 valence electrons. The van der Waals surface area contributed by atoms with Crippen molar-refractivity contribution in [1.82, 2.24) is 4.98 Å². The normalized spacial score (nSPS) is 5.87. The van der Waals surface area contributed by atoms with Gasteiger partial charge in [0, 0.05) is 12.4 Å². The smallest absolute Gasteiger partial charge is 0.0267 e. The van der Waals surface area contributed by atoms with Crippen molar-refractivity contribution in [2.75, 3.05) is 0 Å². The number of halogens is 4. The Hall–Kier alpha value is 0.564. The monoisotopic (exact) mass is 323 g/mol. The largest absolute Gasteiger partial charge is 1.00 e. The number of rotatable bonds is 2. The molecule has 0 amide bonds. The van der Waals surface area contributed by atoms with Gasteiger partial charge in [-0.1, -0.05) is 6.07 Å². The number of nitrogens with one attached hydrogen (secondary N) is 1. The first kappa shape index (κ1) is 29.6. The molecule has 0 atom stereocenters. The quantitative estimate of drug-likeness (QED) is 0.426. The summed E-state index contributed by atoms with van der Waals surface area (Å²) in [6, 6.07) is 5.72. The predicted octanol–water partition coefficient (Wildman–Crippen LogP) is -9.47. The topological polar surface area (TPSA) is 36.7 Å². The summed E-state index contributed by atoms with van der Waals surface area (Å²) in [6.07, 6.45) is 5.30. The van der Waals surface area contributed by atoms with Gasteiger partial charge < -0.3 is 49.6 Å². The fraction of sp³-hybridized carbons (Fsp3) is 0.125. The van der Waals surface area contributed by atoms with E-state index >= 15 is 0 Å². The molecule has 0 saturated heterocycles. The minimum Gasteiger partial charge on any atom is -1.00 e. The molecule has 0 aromatic carbocycles. The first-order valence-corrected chi connectivity index (χ1v) is 5.15. The SMILES string of the molecule is C=C[CH2][Ti+4]=[NH].[Cl-].[Cl-].[Cl-].[Cl-].c1ccncc1. The molecule has 0 saturated carbocycles. The Morgan fingerprint density at radius 3 is 1.60 bits per heavy atom. The third-order valence-corrected chi connectivity index (χ3v) is 1.58. The van der Waals surface area contributed by atoms with Crippen LogP contribution >= 0.6 is 0 Å². The number of pyridine rings is 1. The summed E-state index contributed by atoms with van der Waals surface area (Å²) in [7, 11) is 0. The summed E-state index contributed by atoms with van der Waals surface area (Å²) < 4.78 is 7.60. The summed E-state index contributed by atoms with van der Waals surface area (Å²) in [5, 5.41) is 0. The van der Waals surface area contributed by atoms with Crippen LogP contribution in [0.25, 0.3) is 0 Å². The molecule has 0 aliphatic heterocycles. The van der Waals surface area contributed by atoms with Gasteiger partial charge >= 0.3 is 40.2 Å². The summed E-state index contributed by atoms with van der Waals surface area (Å²) in [5.74, 6) is 0. The van der Waals surface area contributed by atoms with Gasteiger partial charge in [0.15, 0.2) is 0 Å². The average Bonchev–Trinajstić information content (AvgIpc) is 2.10. The minimum absolute atomic E-state index is 0. The van der Waals surface area contributed by atoms with Gasteiger partial charge in [-0.15, -0.1) is 0 Å². The van der Waals surface area contributed by atoms with Crippen LogP contribution in [0.5, 0.6) is 0 Å². The maximum Gasteiger partial charge on any atom is 0.0267 e. The molecular weight excluding hydrogens is 314 g/mol. The molecule has 0 aliphatic carbocycles. The van der Waals surface area contributed by atoms with Gasteiger partial charge in [-0.2, -0.15) is 0 Å². The van der Waals surface area contributed by atoms with E-state index in [-0.39, 0.29) is 68.6 Å². The third-order valence-electron chi connectivity index (χ3n) is 0.813. The van der Waals surface area contributed by atoms with E-state index < -0.39 is 0 Å². The van der Waals surface area contributed by atoms with Gasteiger partial charge in [-0.05, 0) is 12.1 Å². The molecule has 1 N–H and O–H groups in total. The molecule has 1 aromatic heterocycles. The zero-order valence-electron chi connectivity index (χ0n) is 7.84. The van der Waals surface area contributed by atoms with Crippen LogP contribution in [0.3, 0.4) is 0 Å². The van der Waals surface area contributed by atoms with Crippen LogP contribution in [0, 0.1) is 3.83 Å². The number of hydrogen-bond donors (Lipinski definition) is 1. The first-order valence-electron chi connectivity index (χ1n) is 3.27. The van der Waals surface area contributed by atoms with Gasteiger partial charge in [0.05, 0.1) is 0 Å². The molecule has 1 heterocycles. The Morgan fingerprint density at radius 1 is 1.07 bits per heavy atom. The first-order chi connectivity index (χ1) is 5.41. The molecule has 7 heteroatoms. The van der Waals surface area contributed by atoms with Gasteiger partial charge in [0.1, 0.15) is 0 Å². The molecule has 1 aromatic rings. The van der Waals surface area contributed by atoms with Gasteiger partial charge in [0.25, 0.3) is 0 Å². The predicted molar refractivity (Wildman–Crippen MR) is 42.0 cm³/mol. The van der Waals surface area contributed by atoms with Crippen LogP contribution in [-0.2, 0) is 19.0 Å². The van der Waals surface area contributed by atoms with E-state index in [1.807, 2.05) is 18.2 Å². The zero-order valence-corrected chi connectivity index (χ0v) is 12.4. The van der Waals surface area contributed by atoms with Crippen LogP contribution in [0.4, 0.5) is 0 Å². The van der Waals surface area contributed by atoms with Crippen molar-refractivity contribution in [2.45, 2.75) is 4.73 Å². The van der Waals surface area contributed by atoms with Crippen LogP contribution < -0.4 is 49.6 Å². The number of allylic oxidation sites excluding steroid dienone is 1. The molecule has 0 aliphatic rings. The van der Waals surface area contributed by atoms with Crippen molar-refractivity contribution in [2.24, 2.45) is 0 Å². The van der Waals surface area contributed by atoms with E-state index in [2.05, 4.69) is 11.6 Å². The average molecular weight is 325 g/mol. The molecular formula is C8H11Cl4N2Ti. The van der Waals surface area contributed by atoms with E-state index in [1.165, 1.54) is 0 Å². The van der Waals surface area contributed by atoms with Gasteiger partial charge in [0.2, 0.25) is 0 Å². The molecule has 0 bridgehead atoms. The second-order valence-corrected chi connectivity index (χ2v) is 2.88. The molecule has 0 spiro atoms. The standard InChI is InChI=1S/C5H5N.C3H5.4ClH.HN.Ti/c1-2-4-6-5-3-1;1-3-2;;;;;;/h1-5H;3H,1-2H2;5*1H;/q;;;;;;;+4/p-4. The van der Waals surface area contributed by atoms with Crippen molar-refractivity contribution in [3.63, 3.8) is 0 Å². The Kier molecular flexibility index (Phi) is 57.8. The Balaban J connectivity index is -0.0000000356. The second kappa shape index (κ2) is 29.3. The minimum atomic E-state index is -0.361. The second-order valence-electron chi connectivity index (χ2n) is 1.69. The van der Waals surface area contributed by atoms with Gasteiger partial charge in [-0.3, -0.25) is 4.98 Å². The molecule has 2 nitrogen and oxygen atoms in total. The van der Waals surface area contributed by atoms with Crippen molar-refractivity contribution < 1.29 is 68.6 Å². The van der Waals surface area contributed by atoms with E-state index in [9.17, 15) is 0 Å². The van der Waals surface area contributed by atoms with Crippen molar-refractivity contribution >= 4 is 0 Å². The fourth-order valence-corrected chi connectivity index (χ4v) is 0.610. The van der Waals surface area contributed by atoms with E-state index in [0.717, 1.165) is 4.73 Å². The number of aromatic nitrogens is 1. The van der Waals surface area contributed by atoms with Crippen LogP contribution in [-0.4, -0.2) is 4.98 Å². The zero-order chi connectivity index (χ0) is 8.36. The van der Waals surface area contributed by atoms with Crippen molar-refractivity contribution in [1.29, 1.82) is 3.83 Å². The van der Waals surface area contributed by atoms with Crippen molar-refractivity contribution in [3.05, 3.63) is 43.2 Å². The molecule has 0 fully saturated rings. The van der Waals surface area contributed by atoms with Gasteiger partial charge in [-0.25, -0.2) is 0 Å². The summed E-state index contributed by atoms with van der Waals surface area (Å²) in [5.41, 5.74) is 0. The molecule has 1 rings (SSSR count). The number of hydrogen-bond acceptors (Lipinski definition) is 2. The fourth-order valence-electron chi connectivity index (χ4n) is 0.385. The third kappa shape index (κ3) is 31.3. The van der Waals surface area contributed by atoms with Crippen molar-refractivity contribution in [3.8, 4) is 0 Å². The Morgan fingerprint density at radius 2 is 1.53 bits per heavy atom. The Labute approximate surface area is 125 Å². The van der Waals surface area contributed by atoms with E-state index in [0.29, 0.717) is 0 Å². The maximum atomic E-state index is 6.66.